The molecule has 1 saturated heterocycles. The Hall–Kier alpha value is -2.20. The van der Waals surface area contributed by atoms with Crippen molar-refractivity contribution in [3.8, 4) is 0 Å². The molecule has 1 fully saturated rings. The predicted octanol–water partition coefficient (Wildman–Crippen LogP) is 3.63. The number of nitrogens with zero attached hydrogens (tertiary/aromatic N) is 2. The highest BCUT2D eigenvalue weighted by Crippen LogP contribution is 2.49. The van der Waals surface area contributed by atoms with Crippen molar-refractivity contribution >= 4 is 5.91 Å². The topological polar surface area (TPSA) is 45.2 Å². The van der Waals surface area contributed by atoms with E-state index in [0.29, 0.717) is 23.3 Å². The van der Waals surface area contributed by atoms with E-state index in [9.17, 15) is 4.79 Å². The van der Waals surface area contributed by atoms with Crippen LogP contribution >= 0.6 is 0 Å². The zero-order chi connectivity index (χ0) is 18.1. The molecule has 1 amide bonds. The monoisotopic (exact) mass is 349 g/mol. The highest BCUT2D eigenvalue weighted by Gasteiger charge is 2.46. The second-order valence-corrected chi connectivity index (χ2v) is 7.82. The molecule has 1 aromatic carbocycles. The van der Waals surface area contributed by atoms with Crippen molar-refractivity contribution in [1.82, 2.24) is 15.2 Å². The van der Waals surface area contributed by atoms with E-state index in [-0.39, 0.29) is 11.9 Å². The number of likely N-dealkylation sites (tertiary alicyclic amines) is 1. The fourth-order valence-corrected chi connectivity index (χ4v) is 4.57. The van der Waals surface area contributed by atoms with E-state index < -0.39 is 0 Å². The van der Waals surface area contributed by atoms with E-state index in [0.717, 1.165) is 19.6 Å². The number of rotatable bonds is 5. The van der Waals surface area contributed by atoms with Gasteiger partial charge in [0, 0.05) is 49.4 Å². The van der Waals surface area contributed by atoms with Crippen molar-refractivity contribution in [2.75, 3.05) is 19.6 Å². The maximum atomic E-state index is 12.8. The largest absolute Gasteiger partial charge is 0.345 e. The Balaban J connectivity index is 1.56. The predicted molar refractivity (Wildman–Crippen MR) is 103 cm³/mol. The Morgan fingerprint density at radius 1 is 1.19 bits per heavy atom. The highest BCUT2D eigenvalue weighted by molar-refractivity contribution is 5.94. The molecular weight excluding hydrogens is 322 g/mol. The van der Waals surface area contributed by atoms with Gasteiger partial charge in [-0.2, -0.15) is 0 Å². The van der Waals surface area contributed by atoms with Crippen LogP contribution in [0.3, 0.4) is 0 Å². The molecule has 4 atom stereocenters. The molecule has 0 radical (unpaired) electrons. The number of fused-ring (bicyclic) bond motifs is 3. The fourth-order valence-electron chi connectivity index (χ4n) is 4.57. The van der Waals surface area contributed by atoms with Gasteiger partial charge in [0.05, 0.1) is 6.04 Å². The Labute approximate surface area is 155 Å². The van der Waals surface area contributed by atoms with Crippen LogP contribution in [0.2, 0.25) is 0 Å². The summed E-state index contributed by atoms with van der Waals surface area (Å²) in [7, 11) is 0. The standard InChI is InChI=1S/C22H27N3O/c1-3-15(2)12-25-13-19-17-6-4-5-7-18(17)21(20(19)14-25)24-22(26)16-8-10-23-11-9-16/h4-11,15,19-21H,3,12-14H2,1-2H3,(H,24,26)/t15-,19+,20+,21-/m1/s1. The number of nitrogens with one attached hydrogen (secondary N) is 1. The molecule has 0 spiro atoms. The number of amides is 1. The van der Waals surface area contributed by atoms with Crippen LogP contribution in [-0.4, -0.2) is 35.4 Å². The van der Waals surface area contributed by atoms with E-state index in [4.69, 9.17) is 0 Å². The Morgan fingerprint density at radius 2 is 1.92 bits per heavy atom. The summed E-state index contributed by atoms with van der Waals surface area (Å²) in [5.41, 5.74) is 3.40. The van der Waals surface area contributed by atoms with Crippen molar-refractivity contribution in [2.45, 2.75) is 32.2 Å². The molecule has 136 valence electrons. The second-order valence-electron chi connectivity index (χ2n) is 7.82. The fraction of sp³-hybridized carbons (Fsp3) is 0.455. The minimum absolute atomic E-state index is 0.00627. The van der Waals surface area contributed by atoms with Crippen LogP contribution < -0.4 is 5.32 Å². The Morgan fingerprint density at radius 3 is 2.65 bits per heavy atom. The molecule has 2 aromatic rings. The van der Waals surface area contributed by atoms with Crippen molar-refractivity contribution in [2.24, 2.45) is 11.8 Å². The summed E-state index contributed by atoms with van der Waals surface area (Å²) in [6.45, 7) is 7.90. The first kappa shape index (κ1) is 17.2. The molecule has 1 aromatic heterocycles. The van der Waals surface area contributed by atoms with E-state index in [2.05, 4.69) is 53.3 Å². The number of benzene rings is 1. The van der Waals surface area contributed by atoms with Gasteiger partial charge >= 0.3 is 0 Å². The molecule has 1 N–H and O–H groups in total. The first-order valence-corrected chi connectivity index (χ1v) is 9.69. The zero-order valence-corrected chi connectivity index (χ0v) is 15.6. The summed E-state index contributed by atoms with van der Waals surface area (Å²) in [4.78, 5) is 19.3. The lowest BCUT2D eigenvalue weighted by molar-refractivity contribution is 0.0923. The minimum atomic E-state index is -0.00627. The third kappa shape index (κ3) is 3.14. The molecular formula is C22H27N3O. The van der Waals surface area contributed by atoms with Gasteiger partial charge in [-0.1, -0.05) is 44.5 Å². The van der Waals surface area contributed by atoms with Gasteiger partial charge in [-0.05, 0) is 29.2 Å². The lowest BCUT2D eigenvalue weighted by Gasteiger charge is -2.24. The van der Waals surface area contributed by atoms with E-state index in [1.807, 2.05) is 0 Å². The van der Waals surface area contributed by atoms with E-state index >= 15 is 0 Å². The lowest BCUT2D eigenvalue weighted by atomic mass is 9.94. The summed E-state index contributed by atoms with van der Waals surface area (Å²) in [5.74, 6) is 1.70. The van der Waals surface area contributed by atoms with Crippen LogP contribution in [0, 0.1) is 11.8 Å². The van der Waals surface area contributed by atoms with Gasteiger partial charge in [-0.25, -0.2) is 0 Å². The van der Waals surface area contributed by atoms with Crippen LogP contribution in [0.4, 0.5) is 0 Å². The average molecular weight is 349 g/mol. The number of aromatic nitrogens is 1. The van der Waals surface area contributed by atoms with Crippen LogP contribution in [0.25, 0.3) is 0 Å². The lowest BCUT2D eigenvalue weighted by Crippen LogP contribution is -2.34. The molecule has 2 heterocycles. The average Bonchev–Trinajstić information content (AvgIpc) is 3.20. The molecule has 4 heteroatoms. The van der Waals surface area contributed by atoms with Crippen LogP contribution in [0.15, 0.2) is 48.8 Å². The van der Waals surface area contributed by atoms with Gasteiger partial charge in [0.1, 0.15) is 0 Å². The molecule has 0 unspecified atom stereocenters. The molecule has 2 aliphatic rings. The zero-order valence-electron chi connectivity index (χ0n) is 15.6. The van der Waals surface area contributed by atoms with Gasteiger partial charge in [-0.3, -0.25) is 9.78 Å². The highest BCUT2D eigenvalue weighted by atomic mass is 16.1. The summed E-state index contributed by atoms with van der Waals surface area (Å²) >= 11 is 0. The number of hydrogen-bond acceptors (Lipinski definition) is 3. The van der Waals surface area contributed by atoms with Crippen LogP contribution in [0.1, 0.15) is 53.7 Å². The second kappa shape index (κ2) is 7.20. The van der Waals surface area contributed by atoms with Gasteiger partial charge in [0.25, 0.3) is 5.91 Å². The van der Waals surface area contributed by atoms with Gasteiger partial charge in [0.2, 0.25) is 0 Å². The van der Waals surface area contributed by atoms with Crippen LogP contribution in [0.5, 0.6) is 0 Å². The summed E-state index contributed by atoms with van der Waals surface area (Å²) in [5, 5.41) is 3.32. The number of pyridine rings is 1. The molecule has 4 nitrogen and oxygen atoms in total. The maximum Gasteiger partial charge on any atom is 0.251 e. The number of carbonyl (C=O) groups excluding carboxylic acids is 1. The SMILES string of the molecule is CC[C@@H](C)CN1C[C@@H]2[C@H](NC(=O)c3ccncc3)c3ccccc3[C@@H]2C1. The third-order valence-corrected chi connectivity index (χ3v) is 6.10. The normalized spacial score (nSPS) is 25.5. The third-order valence-electron chi connectivity index (χ3n) is 6.10. The molecule has 0 saturated carbocycles. The molecule has 0 bridgehead atoms. The van der Waals surface area contributed by atoms with Gasteiger partial charge < -0.3 is 10.2 Å². The van der Waals surface area contributed by atoms with Crippen LogP contribution in [-0.2, 0) is 0 Å². The van der Waals surface area contributed by atoms with Gasteiger partial charge in [0.15, 0.2) is 0 Å². The first-order chi connectivity index (χ1) is 12.7. The smallest absolute Gasteiger partial charge is 0.251 e. The first-order valence-electron chi connectivity index (χ1n) is 9.69. The minimum Gasteiger partial charge on any atom is -0.345 e. The molecule has 1 aliphatic carbocycles. The van der Waals surface area contributed by atoms with Crippen molar-refractivity contribution in [1.29, 1.82) is 0 Å². The van der Waals surface area contributed by atoms with E-state index in [1.165, 1.54) is 17.5 Å². The summed E-state index contributed by atoms with van der Waals surface area (Å²) < 4.78 is 0. The Bertz CT molecular complexity index is 776. The quantitative estimate of drug-likeness (QED) is 0.896. The van der Waals surface area contributed by atoms with Crippen molar-refractivity contribution in [3.63, 3.8) is 0 Å². The summed E-state index contributed by atoms with van der Waals surface area (Å²) in [6.07, 6.45) is 4.55. The Kier molecular flexibility index (Phi) is 4.77. The molecule has 4 rings (SSSR count). The summed E-state index contributed by atoms with van der Waals surface area (Å²) in [6, 6.07) is 12.3. The van der Waals surface area contributed by atoms with E-state index in [1.54, 1.807) is 24.5 Å². The van der Waals surface area contributed by atoms with Crippen molar-refractivity contribution < 1.29 is 4.79 Å². The van der Waals surface area contributed by atoms with Crippen molar-refractivity contribution in [3.05, 3.63) is 65.5 Å². The number of hydrogen-bond donors (Lipinski definition) is 1. The molecule has 1 aliphatic heterocycles. The number of carbonyl (C=O) groups is 1. The molecule has 26 heavy (non-hydrogen) atoms. The van der Waals surface area contributed by atoms with Gasteiger partial charge in [-0.15, -0.1) is 0 Å². The maximum absolute atomic E-state index is 12.8.